The molecular weight excluding hydrogens is 369 g/mol. The minimum absolute atomic E-state index is 0.133. The van der Waals surface area contributed by atoms with Crippen LogP contribution in [0.2, 0.25) is 0 Å². The number of nitrogens with zero attached hydrogens (tertiary/aromatic N) is 1. The van der Waals surface area contributed by atoms with Gasteiger partial charge in [-0.3, -0.25) is 0 Å². The lowest BCUT2D eigenvalue weighted by Crippen LogP contribution is -2.12. The lowest BCUT2D eigenvalue weighted by atomic mass is 9.76. The first-order chi connectivity index (χ1) is 14.6. The van der Waals surface area contributed by atoms with Gasteiger partial charge in [-0.2, -0.15) is 5.26 Å². The normalized spacial score (nSPS) is 19.8. The minimum atomic E-state index is -0.391. The second kappa shape index (κ2) is 9.26. The summed E-state index contributed by atoms with van der Waals surface area (Å²) in [6.07, 6.45) is 5.46. The SMILES string of the molecule is C[C@H](Cc1ccc(C2CCC(c3ccc(C#N)c(F)c3)CC2)cc1)c1ccccc1. The summed E-state index contributed by atoms with van der Waals surface area (Å²) in [5, 5.41) is 8.92. The van der Waals surface area contributed by atoms with Crippen LogP contribution in [0.15, 0.2) is 72.8 Å². The van der Waals surface area contributed by atoms with Crippen LogP contribution in [0.4, 0.5) is 4.39 Å². The molecule has 1 nitrogen and oxygen atoms in total. The van der Waals surface area contributed by atoms with Gasteiger partial charge in [0.15, 0.2) is 0 Å². The predicted octanol–water partition coefficient (Wildman–Crippen LogP) is 7.48. The Morgan fingerprint density at radius 2 is 1.47 bits per heavy atom. The molecule has 0 aliphatic heterocycles. The van der Waals surface area contributed by atoms with Crippen molar-refractivity contribution in [3.63, 3.8) is 0 Å². The van der Waals surface area contributed by atoms with Crippen LogP contribution in [-0.4, -0.2) is 0 Å². The largest absolute Gasteiger partial charge is 0.206 e. The number of rotatable bonds is 5. The first-order valence-electron chi connectivity index (χ1n) is 11.0. The molecule has 0 unspecified atom stereocenters. The summed E-state index contributed by atoms with van der Waals surface area (Å²) in [7, 11) is 0. The van der Waals surface area contributed by atoms with E-state index in [2.05, 4.69) is 61.5 Å². The maximum Gasteiger partial charge on any atom is 0.141 e. The first-order valence-corrected chi connectivity index (χ1v) is 11.0. The summed E-state index contributed by atoms with van der Waals surface area (Å²) >= 11 is 0. The number of hydrogen-bond donors (Lipinski definition) is 0. The Morgan fingerprint density at radius 1 is 0.867 bits per heavy atom. The highest BCUT2D eigenvalue weighted by Crippen LogP contribution is 2.40. The molecule has 0 bridgehead atoms. The van der Waals surface area contributed by atoms with Gasteiger partial charge in [0.2, 0.25) is 0 Å². The van der Waals surface area contributed by atoms with Crippen molar-refractivity contribution < 1.29 is 4.39 Å². The molecule has 152 valence electrons. The van der Waals surface area contributed by atoms with E-state index in [1.54, 1.807) is 12.1 Å². The van der Waals surface area contributed by atoms with E-state index in [1.807, 2.05) is 12.1 Å². The van der Waals surface area contributed by atoms with Crippen LogP contribution in [0.5, 0.6) is 0 Å². The molecule has 0 spiro atoms. The lowest BCUT2D eigenvalue weighted by molar-refractivity contribution is 0.395. The predicted molar refractivity (Wildman–Crippen MR) is 120 cm³/mol. The van der Waals surface area contributed by atoms with Crippen molar-refractivity contribution >= 4 is 0 Å². The molecule has 3 aromatic rings. The van der Waals surface area contributed by atoms with E-state index < -0.39 is 5.82 Å². The molecule has 30 heavy (non-hydrogen) atoms. The highest BCUT2D eigenvalue weighted by molar-refractivity contribution is 5.35. The average Bonchev–Trinajstić information content (AvgIpc) is 2.80. The number of nitriles is 1. The van der Waals surface area contributed by atoms with Gasteiger partial charge in [0, 0.05) is 0 Å². The van der Waals surface area contributed by atoms with Crippen molar-refractivity contribution in [1.82, 2.24) is 0 Å². The van der Waals surface area contributed by atoms with Gasteiger partial charge in [0.1, 0.15) is 11.9 Å². The molecule has 1 atom stereocenters. The summed E-state index contributed by atoms with van der Waals surface area (Å²) in [5.74, 6) is 1.11. The van der Waals surface area contributed by atoms with Crippen LogP contribution in [-0.2, 0) is 6.42 Å². The van der Waals surface area contributed by atoms with Gasteiger partial charge in [-0.05, 0) is 84.2 Å². The first kappa shape index (κ1) is 20.4. The summed E-state index contributed by atoms with van der Waals surface area (Å²) in [6.45, 7) is 2.29. The zero-order valence-corrected chi connectivity index (χ0v) is 17.5. The van der Waals surface area contributed by atoms with E-state index in [1.165, 1.54) is 16.7 Å². The Hall–Kier alpha value is -2.92. The van der Waals surface area contributed by atoms with Gasteiger partial charge >= 0.3 is 0 Å². The van der Waals surface area contributed by atoms with E-state index in [9.17, 15) is 4.39 Å². The van der Waals surface area contributed by atoms with Crippen molar-refractivity contribution in [3.05, 3.63) is 106 Å². The molecule has 1 saturated carbocycles. The zero-order chi connectivity index (χ0) is 20.9. The van der Waals surface area contributed by atoms with Crippen LogP contribution >= 0.6 is 0 Å². The van der Waals surface area contributed by atoms with Crippen LogP contribution < -0.4 is 0 Å². The Morgan fingerprint density at radius 3 is 2.07 bits per heavy atom. The van der Waals surface area contributed by atoms with Crippen molar-refractivity contribution in [3.8, 4) is 6.07 Å². The third-order valence-corrected chi connectivity index (χ3v) is 6.67. The van der Waals surface area contributed by atoms with Gasteiger partial charge in [-0.1, -0.05) is 67.6 Å². The Labute approximate surface area is 179 Å². The second-order valence-electron chi connectivity index (χ2n) is 8.66. The zero-order valence-electron chi connectivity index (χ0n) is 17.5. The lowest BCUT2D eigenvalue weighted by Gasteiger charge is -2.29. The molecule has 1 aliphatic rings. The van der Waals surface area contributed by atoms with E-state index >= 15 is 0 Å². The van der Waals surface area contributed by atoms with Crippen molar-refractivity contribution in [2.75, 3.05) is 0 Å². The van der Waals surface area contributed by atoms with Gasteiger partial charge in [-0.15, -0.1) is 0 Å². The number of benzene rings is 3. The maximum absolute atomic E-state index is 14.0. The standard InChI is InChI=1S/C28H28FN/c1-20(22-5-3-2-4-6-22)17-21-7-9-23(10-8-21)24-11-13-25(14-12-24)26-15-16-27(19-30)28(29)18-26/h2-10,15-16,18,20,24-25H,11-14,17H2,1H3/t20-,24?,25?/m1/s1. The summed E-state index contributed by atoms with van der Waals surface area (Å²) in [4.78, 5) is 0. The van der Waals surface area contributed by atoms with Crippen molar-refractivity contribution in [1.29, 1.82) is 5.26 Å². The van der Waals surface area contributed by atoms with Gasteiger partial charge in [0.05, 0.1) is 5.56 Å². The van der Waals surface area contributed by atoms with E-state index in [0.717, 1.165) is 37.7 Å². The third-order valence-electron chi connectivity index (χ3n) is 6.67. The topological polar surface area (TPSA) is 23.8 Å². The third kappa shape index (κ3) is 4.62. The van der Waals surface area contributed by atoms with Gasteiger partial charge in [-0.25, -0.2) is 4.39 Å². The second-order valence-corrected chi connectivity index (χ2v) is 8.66. The fourth-order valence-corrected chi connectivity index (χ4v) is 4.81. The van der Waals surface area contributed by atoms with Crippen LogP contribution in [0.3, 0.4) is 0 Å². The fourth-order valence-electron chi connectivity index (χ4n) is 4.81. The van der Waals surface area contributed by atoms with Crippen molar-refractivity contribution in [2.24, 2.45) is 0 Å². The molecule has 0 heterocycles. The van der Waals surface area contributed by atoms with E-state index in [4.69, 9.17) is 5.26 Å². The molecule has 0 N–H and O–H groups in total. The number of hydrogen-bond acceptors (Lipinski definition) is 1. The summed E-state index contributed by atoms with van der Waals surface area (Å²) in [6, 6.07) is 26.9. The molecule has 1 fully saturated rings. The molecule has 2 heteroatoms. The van der Waals surface area contributed by atoms with E-state index in [0.29, 0.717) is 17.8 Å². The summed E-state index contributed by atoms with van der Waals surface area (Å²) < 4.78 is 14.0. The molecule has 0 radical (unpaired) electrons. The molecule has 3 aromatic carbocycles. The monoisotopic (exact) mass is 397 g/mol. The molecule has 4 rings (SSSR count). The van der Waals surface area contributed by atoms with Crippen LogP contribution in [0.25, 0.3) is 0 Å². The maximum atomic E-state index is 14.0. The number of halogens is 1. The summed E-state index contributed by atoms with van der Waals surface area (Å²) in [5.41, 5.74) is 5.37. The molecule has 1 aliphatic carbocycles. The van der Waals surface area contributed by atoms with Crippen LogP contribution in [0, 0.1) is 17.1 Å². The minimum Gasteiger partial charge on any atom is -0.206 e. The quantitative estimate of drug-likeness (QED) is 0.437. The Balaban J connectivity index is 1.35. The fraction of sp³-hybridized carbons (Fsp3) is 0.321. The highest BCUT2D eigenvalue weighted by atomic mass is 19.1. The average molecular weight is 398 g/mol. The van der Waals surface area contributed by atoms with Gasteiger partial charge < -0.3 is 0 Å². The smallest absolute Gasteiger partial charge is 0.141 e. The Bertz CT molecular complexity index is 1010. The molecule has 0 aromatic heterocycles. The van der Waals surface area contributed by atoms with Crippen molar-refractivity contribution in [2.45, 2.75) is 56.8 Å². The molecule has 0 amide bonds. The van der Waals surface area contributed by atoms with Crippen LogP contribution in [0.1, 0.15) is 78.2 Å². The molecular formula is C28H28FN. The van der Waals surface area contributed by atoms with Gasteiger partial charge in [0.25, 0.3) is 0 Å². The highest BCUT2D eigenvalue weighted by Gasteiger charge is 2.24. The van der Waals surface area contributed by atoms with E-state index in [-0.39, 0.29) is 5.56 Å². The molecule has 0 saturated heterocycles. The Kier molecular flexibility index (Phi) is 6.29.